The van der Waals surface area contributed by atoms with Gasteiger partial charge in [0.15, 0.2) is 11.6 Å². The van der Waals surface area contributed by atoms with E-state index in [2.05, 4.69) is 19.8 Å². The number of pyridine rings is 3. The molecule has 8 rings (SSSR count). The molecule has 0 radical (unpaired) electrons. The van der Waals surface area contributed by atoms with Crippen molar-refractivity contribution in [1.29, 1.82) is 0 Å². The molecule has 6 aromatic rings. The van der Waals surface area contributed by atoms with Crippen molar-refractivity contribution in [2.45, 2.75) is 71.8 Å². The zero-order chi connectivity index (χ0) is 46.7. The summed E-state index contributed by atoms with van der Waals surface area (Å²) >= 11 is 0. The largest absolute Gasteiger partial charge is 0.478 e. The molecule has 2 aromatic carbocycles. The molecule has 0 bridgehead atoms. The van der Waals surface area contributed by atoms with Crippen molar-refractivity contribution in [1.82, 2.24) is 24.4 Å². The molecule has 2 saturated heterocycles. The van der Waals surface area contributed by atoms with Gasteiger partial charge in [-0.25, -0.2) is 37.4 Å². The van der Waals surface area contributed by atoms with Gasteiger partial charge in [-0.15, -0.1) is 0 Å². The van der Waals surface area contributed by atoms with E-state index in [9.17, 15) is 18.9 Å². The SMILES string of the molecule is CN1C[C@H]2CCN(c3c(-c4cnc5c(c4)c(=O)c(C(=O)OCc4ccccc4)cn5C)cnc4[nH]c5c(N(C)C(=O)OCOP(=O)(OC(C)(C)C)OC(C)(C)C)cc(F)c(F)c5c34)[C@H]2C1. The molecule has 2 aliphatic rings. The quantitative estimate of drug-likeness (QED) is 0.0745. The van der Waals surface area contributed by atoms with Gasteiger partial charge in [0, 0.05) is 75.6 Å². The van der Waals surface area contributed by atoms with Crippen molar-refractivity contribution in [2.24, 2.45) is 13.0 Å². The van der Waals surface area contributed by atoms with Gasteiger partial charge in [-0.2, -0.15) is 0 Å². The summed E-state index contributed by atoms with van der Waals surface area (Å²) in [7, 11) is 0.750. The summed E-state index contributed by atoms with van der Waals surface area (Å²) in [5.41, 5.74) is 0.0271. The Kier molecular flexibility index (Phi) is 12.1. The number of likely N-dealkylation sites (tertiary alicyclic amines) is 1. The molecule has 6 heterocycles. The minimum absolute atomic E-state index is 0.00388. The third-order valence-electron chi connectivity index (χ3n) is 11.3. The lowest BCUT2D eigenvalue weighted by molar-refractivity contribution is -0.0275. The summed E-state index contributed by atoms with van der Waals surface area (Å²) in [4.78, 5) is 58.9. The number of aromatic amines is 1. The van der Waals surface area contributed by atoms with Crippen LogP contribution in [0, 0.1) is 17.6 Å². The van der Waals surface area contributed by atoms with Crippen LogP contribution in [0.3, 0.4) is 0 Å². The van der Waals surface area contributed by atoms with Crippen LogP contribution in [-0.2, 0) is 41.3 Å². The zero-order valence-electron chi connectivity index (χ0n) is 37.7. The van der Waals surface area contributed by atoms with Crippen molar-refractivity contribution >= 4 is 64.2 Å². The number of ether oxygens (including phenoxy) is 2. The third-order valence-corrected chi connectivity index (χ3v) is 13.3. The third kappa shape index (κ3) is 9.23. The number of amides is 1. The average Bonchev–Trinajstić information content (AvgIpc) is 3.93. The van der Waals surface area contributed by atoms with E-state index >= 15 is 8.78 Å². The summed E-state index contributed by atoms with van der Waals surface area (Å²) < 4.78 is 75.2. The maximum absolute atomic E-state index is 16.6. The number of nitrogens with zero attached hydrogens (tertiary/aromatic N) is 6. The van der Waals surface area contributed by atoms with E-state index in [0.29, 0.717) is 35.6 Å². The monoisotopic (exact) mass is 915 g/mol. The van der Waals surface area contributed by atoms with E-state index < -0.39 is 54.9 Å². The smallest absolute Gasteiger partial charge is 0.457 e. The standard InChI is InChI=1S/C46H52F2N7O9P/c1-45(2,3)63-65(59,64-46(4,5)6)62-25-61-44(58)54(9)33-18-32(47)37(48)35-36-39(55-16-15-27-21-52(7)23-34(27)55)30(20-49-41(36)51-38(33)35)28-17-29-40(56)31(22-53(8)42(29)50-19-28)43(57)60-24-26-13-11-10-12-14-26/h10-14,17-20,22,27,34H,15-16,21,23-25H2,1-9H3,(H,49,51)/t27-,34+/m1/s1. The molecule has 0 spiro atoms. The number of hydrogen-bond acceptors (Lipinski definition) is 13. The van der Waals surface area contributed by atoms with Crippen LogP contribution in [-0.4, -0.2) is 94.2 Å². The Hall–Kier alpha value is -5.78. The van der Waals surface area contributed by atoms with Gasteiger partial charge in [0.05, 0.1) is 44.3 Å². The highest BCUT2D eigenvalue weighted by Gasteiger charge is 2.43. The highest BCUT2D eigenvalue weighted by Crippen LogP contribution is 2.55. The second kappa shape index (κ2) is 17.2. The number of hydrogen-bond donors (Lipinski definition) is 1. The maximum Gasteiger partial charge on any atom is 0.478 e. The molecule has 2 aliphatic heterocycles. The number of rotatable bonds is 11. The van der Waals surface area contributed by atoms with Gasteiger partial charge in [0.2, 0.25) is 12.2 Å². The minimum Gasteiger partial charge on any atom is -0.457 e. The molecule has 344 valence electrons. The van der Waals surface area contributed by atoms with Crippen molar-refractivity contribution in [3.63, 3.8) is 0 Å². The van der Waals surface area contributed by atoms with Gasteiger partial charge in [0.1, 0.15) is 23.5 Å². The van der Waals surface area contributed by atoms with Crippen LogP contribution in [0.4, 0.5) is 25.0 Å². The molecule has 2 fully saturated rings. The van der Waals surface area contributed by atoms with Crippen LogP contribution >= 0.6 is 7.82 Å². The normalized spacial score (nSPS) is 17.1. The van der Waals surface area contributed by atoms with Gasteiger partial charge in [-0.05, 0) is 72.6 Å². The van der Waals surface area contributed by atoms with E-state index in [4.69, 9.17) is 28.0 Å². The van der Waals surface area contributed by atoms with Crippen molar-refractivity contribution in [3.8, 4) is 11.1 Å². The van der Waals surface area contributed by atoms with Crippen molar-refractivity contribution < 1.29 is 46.0 Å². The molecule has 0 unspecified atom stereocenters. The maximum atomic E-state index is 16.6. The molecule has 16 nitrogen and oxygen atoms in total. The Morgan fingerprint density at radius 2 is 1.66 bits per heavy atom. The Morgan fingerprint density at radius 1 is 0.954 bits per heavy atom. The van der Waals surface area contributed by atoms with Gasteiger partial charge < -0.3 is 28.8 Å². The number of phosphoric acid groups is 1. The first kappa shape index (κ1) is 45.8. The first-order valence-corrected chi connectivity index (χ1v) is 22.6. The number of halogens is 2. The molecule has 2 atom stereocenters. The van der Waals surface area contributed by atoms with E-state index in [1.807, 2.05) is 37.4 Å². The molecule has 4 aromatic heterocycles. The predicted molar refractivity (Wildman–Crippen MR) is 242 cm³/mol. The van der Waals surface area contributed by atoms with Gasteiger partial charge >= 0.3 is 19.9 Å². The van der Waals surface area contributed by atoms with Crippen molar-refractivity contribution in [2.75, 3.05) is 50.3 Å². The molecular formula is C46H52F2N7O9P. The van der Waals surface area contributed by atoms with Crippen LogP contribution in [0.5, 0.6) is 0 Å². The first-order chi connectivity index (χ1) is 30.6. The van der Waals surface area contributed by atoms with Crippen LogP contribution in [0.1, 0.15) is 63.9 Å². The predicted octanol–water partition coefficient (Wildman–Crippen LogP) is 8.69. The number of aromatic nitrogens is 4. The summed E-state index contributed by atoms with van der Waals surface area (Å²) in [5, 5.41) is 0.223. The van der Waals surface area contributed by atoms with Crippen LogP contribution in [0.25, 0.3) is 44.1 Å². The minimum atomic E-state index is -4.26. The molecule has 1 amide bonds. The van der Waals surface area contributed by atoms with Gasteiger partial charge in [-0.3, -0.25) is 18.7 Å². The fourth-order valence-electron chi connectivity index (χ4n) is 8.69. The highest BCUT2D eigenvalue weighted by molar-refractivity contribution is 7.48. The second-order valence-electron chi connectivity index (χ2n) is 18.6. The number of nitrogens with one attached hydrogen (secondary N) is 1. The van der Waals surface area contributed by atoms with Gasteiger partial charge in [0.25, 0.3) is 0 Å². The van der Waals surface area contributed by atoms with E-state index in [1.54, 1.807) is 71.6 Å². The molecular weight excluding hydrogens is 864 g/mol. The molecule has 1 N–H and O–H groups in total. The first-order valence-electron chi connectivity index (χ1n) is 21.2. The summed E-state index contributed by atoms with van der Waals surface area (Å²) in [6.07, 6.45) is 4.35. The number of aryl methyl sites for hydroxylation is 1. The van der Waals surface area contributed by atoms with Crippen LogP contribution < -0.4 is 15.2 Å². The lowest BCUT2D eigenvalue weighted by atomic mass is 9.99. The summed E-state index contributed by atoms with van der Waals surface area (Å²) in [5.74, 6) is -2.93. The van der Waals surface area contributed by atoms with E-state index in [-0.39, 0.29) is 57.1 Å². The van der Waals surface area contributed by atoms with E-state index in [0.717, 1.165) is 29.5 Å². The van der Waals surface area contributed by atoms with Crippen LogP contribution in [0.15, 0.2) is 65.8 Å². The molecule has 0 saturated carbocycles. The Bertz CT molecular complexity index is 2930. The number of fused-ring (bicyclic) bond motifs is 5. The number of benzene rings is 2. The lowest BCUT2D eigenvalue weighted by Crippen LogP contribution is -2.35. The molecule has 0 aliphatic carbocycles. The fraction of sp³-hybridized carbons (Fsp3) is 0.413. The lowest BCUT2D eigenvalue weighted by Gasteiger charge is -2.30. The Morgan fingerprint density at radius 3 is 2.35 bits per heavy atom. The van der Waals surface area contributed by atoms with Gasteiger partial charge in [-0.1, -0.05) is 30.3 Å². The number of likely N-dealkylation sites (N-methyl/N-ethyl adjacent to an activating group) is 1. The summed E-state index contributed by atoms with van der Waals surface area (Å²) in [6.45, 7) is 11.2. The topological polar surface area (TPSA) is 171 Å². The van der Waals surface area contributed by atoms with E-state index in [1.165, 1.54) is 13.2 Å². The number of phosphoric ester groups is 1. The van der Waals surface area contributed by atoms with Crippen molar-refractivity contribution in [3.05, 3.63) is 94.0 Å². The zero-order valence-corrected chi connectivity index (χ0v) is 38.6. The highest BCUT2D eigenvalue weighted by atomic mass is 31.2. The number of esters is 1. The number of H-pyrrole nitrogens is 1. The fourth-order valence-corrected chi connectivity index (χ4v) is 10.4. The number of carbonyl (C=O) groups is 2. The van der Waals surface area contributed by atoms with Crippen LogP contribution in [0.2, 0.25) is 0 Å². The Balaban J connectivity index is 1.21. The number of anilines is 2. The average molecular weight is 916 g/mol. The molecule has 19 heteroatoms. The number of carbonyl (C=O) groups excluding carboxylic acids is 2. The summed E-state index contributed by atoms with van der Waals surface area (Å²) in [6, 6.07) is 11.6. The molecule has 65 heavy (non-hydrogen) atoms. The Labute approximate surface area is 374 Å². The second-order valence-corrected chi connectivity index (χ2v) is 20.1.